The van der Waals surface area contributed by atoms with Crippen molar-refractivity contribution in [2.45, 2.75) is 25.6 Å². The van der Waals surface area contributed by atoms with Gasteiger partial charge < -0.3 is 19.3 Å². The van der Waals surface area contributed by atoms with Gasteiger partial charge in [0.15, 0.2) is 0 Å². The molecule has 1 N–H and O–H groups in total. The normalized spacial score (nSPS) is 14.2. The van der Waals surface area contributed by atoms with E-state index in [1.807, 2.05) is 6.92 Å². The standard InChI is InChI=1S/C13H20O4/c1-5-11(16-3)13(14)10-7-6-9(15-2)8-12(10)17-4/h6-8,11,13-14H,5H2,1-4H3. The number of hydrogen-bond donors (Lipinski definition) is 1. The predicted octanol–water partition coefficient (Wildman–Crippen LogP) is 2.16. The van der Waals surface area contributed by atoms with Gasteiger partial charge in [-0.1, -0.05) is 6.92 Å². The number of benzene rings is 1. The van der Waals surface area contributed by atoms with Gasteiger partial charge in [0.1, 0.15) is 17.6 Å². The molecule has 4 nitrogen and oxygen atoms in total. The Bertz CT molecular complexity index is 347. The van der Waals surface area contributed by atoms with E-state index < -0.39 is 6.10 Å². The van der Waals surface area contributed by atoms with E-state index in [2.05, 4.69) is 0 Å². The first kappa shape index (κ1) is 13.8. The third kappa shape index (κ3) is 3.11. The smallest absolute Gasteiger partial charge is 0.128 e. The molecule has 1 rings (SSSR count). The summed E-state index contributed by atoms with van der Waals surface area (Å²) in [6, 6.07) is 5.34. The molecule has 2 unspecified atom stereocenters. The van der Waals surface area contributed by atoms with Crippen LogP contribution in [0.25, 0.3) is 0 Å². The van der Waals surface area contributed by atoms with Crippen molar-refractivity contribution in [3.8, 4) is 11.5 Å². The molecule has 0 radical (unpaired) electrons. The first-order valence-corrected chi connectivity index (χ1v) is 5.60. The molecule has 0 spiro atoms. The lowest BCUT2D eigenvalue weighted by Crippen LogP contribution is -2.20. The van der Waals surface area contributed by atoms with Gasteiger partial charge in [0, 0.05) is 18.7 Å². The molecule has 0 bridgehead atoms. The number of aliphatic hydroxyl groups is 1. The number of rotatable bonds is 6. The van der Waals surface area contributed by atoms with Crippen molar-refractivity contribution in [2.24, 2.45) is 0 Å². The lowest BCUT2D eigenvalue weighted by Gasteiger charge is -2.22. The summed E-state index contributed by atoms with van der Waals surface area (Å²) in [7, 11) is 4.75. The van der Waals surface area contributed by atoms with Crippen LogP contribution >= 0.6 is 0 Å². The van der Waals surface area contributed by atoms with Crippen LogP contribution in [0.1, 0.15) is 25.0 Å². The first-order chi connectivity index (χ1) is 8.17. The molecule has 1 aromatic rings. The zero-order valence-corrected chi connectivity index (χ0v) is 10.8. The Balaban J connectivity index is 3.03. The van der Waals surface area contributed by atoms with Crippen LogP contribution in [0.15, 0.2) is 18.2 Å². The van der Waals surface area contributed by atoms with E-state index >= 15 is 0 Å². The fourth-order valence-corrected chi connectivity index (χ4v) is 1.78. The summed E-state index contributed by atoms with van der Waals surface area (Å²) in [6.07, 6.45) is -0.213. The molecule has 2 atom stereocenters. The molecule has 1 aromatic carbocycles. The van der Waals surface area contributed by atoms with Gasteiger partial charge in [0.2, 0.25) is 0 Å². The van der Waals surface area contributed by atoms with Gasteiger partial charge in [0.25, 0.3) is 0 Å². The van der Waals surface area contributed by atoms with E-state index in [1.54, 1.807) is 39.5 Å². The minimum atomic E-state index is -0.703. The van der Waals surface area contributed by atoms with Gasteiger partial charge in [-0.05, 0) is 18.6 Å². The maximum absolute atomic E-state index is 10.2. The number of ether oxygens (including phenoxy) is 3. The molecule has 0 fully saturated rings. The molecule has 0 aliphatic heterocycles. The summed E-state index contributed by atoms with van der Waals surface area (Å²) in [5.74, 6) is 1.30. The van der Waals surface area contributed by atoms with Crippen LogP contribution < -0.4 is 9.47 Å². The van der Waals surface area contributed by atoms with Crippen molar-refractivity contribution in [3.63, 3.8) is 0 Å². The van der Waals surface area contributed by atoms with Crippen LogP contribution in [0.5, 0.6) is 11.5 Å². The molecule has 0 amide bonds. The SMILES string of the molecule is CCC(OC)C(O)c1ccc(OC)cc1OC. The molecule has 96 valence electrons. The Morgan fingerprint density at radius 3 is 2.35 bits per heavy atom. The minimum absolute atomic E-state index is 0.239. The third-order valence-electron chi connectivity index (χ3n) is 2.82. The maximum Gasteiger partial charge on any atom is 0.128 e. The highest BCUT2D eigenvalue weighted by atomic mass is 16.5. The van der Waals surface area contributed by atoms with Crippen LogP contribution in [-0.2, 0) is 4.74 Å². The quantitative estimate of drug-likeness (QED) is 0.827. The molecule has 0 aliphatic carbocycles. The second-order valence-electron chi connectivity index (χ2n) is 3.74. The summed E-state index contributed by atoms with van der Waals surface area (Å²) in [5, 5.41) is 10.2. The largest absolute Gasteiger partial charge is 0.497 e. The van der Waals surface area contributed by atoms with E-state index in [4.69, 9.17) is 14.2 Å². The summed E-state index contributed by atoms with van der Waals surface area (Å²) in [4.78, 5) is 0. The lowest BCUT2D eigenvalue weighted by molar-refractivity contribution is -0.0158. The van der Waals surface area contributed by atoms with E-state index in [0.717, 1.165) is 6.42 Å². The van der Waals surface area contributed by atoms with E-state index in [1.165, 1.54) is 0 Å². The number of aliphatic hydroxyl groups excluding tert-OH is 1. The average molecular weight is 240 g/mol. The molecule has 0 aromatic heterocycles. The highest BCUT2D eigenvalue weighted by Crippen LogP contribution is 2.32. The Hall–Kier alpha value is -1.26. The van der Waals surface area contributed by atoms with E-state index in [0.29, 0.717) is 17.1 Å². The Labute approximate surface area is 102 Å². The molecule has 4 heteroatoms. The Morgan fingerprint density at radius 1 is 1.18 bits per heavy atom. The number of methoxy groups -OCH3 is 3. The van der Waals surface area contributed by atoms with Crippen LogP contribution in [0.2, 0.25) is 0 Å². The molecule has 0 heterocycles. The minimum Gasteiger partial charge on any atom is -0.497 e. The lowest BCUT2D eigenvalue weighted by atomic mass is 10.0. The monoisotopic (exact) mass is 240 g/mol. The average Bonchev–Trinajstić information content (AvgIpc) is 2.39. The third-order valence-corrected chi connectivity index (χ3v) is 2.82. The second kappa shape index (κ2) is 6.47. The summed E-state index contributed by atoms with van der Waals surface area (Å²) in [6.45, 7) is 1.97. The van der Waals surface area contributed by atoms with Gasteiger partial charge in [-0.25, -0.2) is 0 Å². The van der Waals surface area contributed by atoms with Crippen molar-refractivity contribution in [2.75, 3.05) is 21.3 Å². The summed E-state index contributed by atoms with van der Waals surface area (Å²) >= 11 is 0. The van der Waals surface area contributed by atoms with E-state index in [9.17, 15) is 5.11 Å². The highest BCUT2D eigenvalue weighted by molar-refractivity contribution is 5.42. The van der Waals surface area contributed by atoms with Crippen molar-refractivity contribution >= 4 is 0 Å². The van der Waals surface area contributed by atoms with Crippen molar-refractivity contribution in [3.05, 3.63) is 23.8 Å². The van der Waals surface area contributed by atoms with Gasteiger partial charge in [-0.2, -0.15) is 0 Å². The van der Waals surface area contributed by atoms with E-state index in [-0.39, 0.29) is 6.10 Å². The zero-order chi connectivity index (χ0) is 12.8. The Morgan fingerprint density at radius 2 is 1.88 bits per heavy atom. The van der Waals surface area contributed by atoms with Crippen molar-refractivity contribution in [1.29, 1.82) is 0 Å². The second-order valence-corrected chi connectivity index (χ2v) is 3.74. The van der Waals surface area contributed by atoms with Gasteiger partial charge in [-0.3, -0.25) is 0 Å². The number of hydrogen-bond acceptors (Lipinski definition) is 4. The predicted molar refractivity (Wildman–Crippen MR) is 65.6 cm³/mol. The molecule has 17 heavy (non-hydrogen) atoms. The maximum atomic E-state index is 10.2. The fraction of sp³-hybridized carbons (Fsp3) is 0.538. The van der Waals surface area contributed by atoms with Gasteiger partial charge in [0.05, 0.1) is 20.3 Å². The van der Waals surface area contributed by atoms with Gasteiger partial charge in [-0.15, -0.1) is 0 Å². The molecular formula is C13H20O4. The molecule has 0 saturated heterocycles. The fourth-order valence-electron chi connectivity index (χ4n) is 1.78. The zero-order valence-electron chi connectivity index (χ0n) is 10.8. The van der Waals surface area contributed by atoms with Crippen LogP contribution in [0.4, 0.5) is 0 Å². The first-order valence-electron chi connectivity index (χ1n) is 5.60. The van der Waals surface area contributed by atoms with Crippen molar-refractivity contribution in [1.82, 2.24) is 0 Å². The van der Waals surface area contributed by atoms with Crippen LogP contribution in [-0.4, -0.2) is 32.5 Å². The van der Waals surface area contributed by atoms with Crippen LogP contribution in [0.3, 0.4) is 0 Å². The Kier molecular flexibility index (Phi) is 5.25. The molecular weight excluding hydrogens is 220 g/mol. The molecule has 0 saturated carbocycles. The molecule has 0 aliphatic rings. The summed E-state index contributed by atoms with van der Waals surface area (Å²) < 4.78 is 15.6. The van der Waals surface area contributed by atoms with Crippen LogP contribution in [0, 0.1) is 0 Å². The van der Waals surface area contributed by atoms with Gasteiger partial charge >= 0.3 is 0 Å². The van der Waals surface area contributed by atoms with Crippen molar-refractivity contribution < 1.29 is 19.3 Å². The highest BCUT2D eigenvalue weighted by Gasteiger charge is 2.22. The summed E-state index contributed by atoms with van der Waals surface area (Å²) in [5.41, 5.74) is 0.710. The topological polar surface area (TPSA) is 47.9 Å².